The Labute approximate surface area is 124 Å². The zero-order chi connectivity index (χ0) is 13.8. The summed E-state index contributed by atoms with van der Waals surface area (Å²) in [5.41, 5.74) is 1.38. The molecule has 0 spiro atoms. The number of imidazole rings is 1. The molecule has 1 aromatic heterocycles. The van der Waals surface area contributed by atoms with Crippen LogP contribution in [0.4, 0.5) is 0 Å². The summed E-state index contributed by atoms with van der Waals surface area (Å²) < 4.78 is 2.20. The third-order valence-corrected chi connectivity index (χ3v) is 4.61. The van der Waals surface area contributed by atoms with Crippen molar-refractivity contribution in [2.75, 3.05) is 5.75 Å². The zero-order valence-corrected chi connectivity index (χ0v) is 12.7. The Bertz CT molecular complexity index is 543. The average molecular weight is 287 g/mol. The molecule has 0 radical (unpaired) electrons. The number of hydrogen-bond donors (Lipinski definition) is 1. The van der Waals surface area contributed by atoms with Gasteiger partial charge in [0.1, 0.15) is 5.82 Å². The number of benzene rings is 1. The Morgan fingerprint density at radius 3 is 2.75 bits per heavy atom. The minimum atomic E-state index is 0.780. The Kier molecular flexibility index (Phi) is 4.43. The molecule has 1 saturated carbocycles. The predicted molar refractivity (Wildman–Crippen MR) is 84.0 cm³/mol. The van der Waals surface area contributed by atoms with Gasteiger partial charge in [0.05, 0.1) is 0 Å². The van der Waals surface area contributed by atoms with Gasteiger partial charge in [-0.2, -0.15) is 0 Å². The van der Waals surface area contributed by atoms with Crippen LogP contribution >= 0.6 is 11.8 Å². The number of aromatic nitrogens is 2. The summed E-state index contributed by atoms with van der Waals surface area (Å²) in [4.78, 5) is 5.59. The molecule has 0 bridgehead atoms. The van der Waals surface area contributed by atoms with Crippen LogP contribution < -0.4 is 5.32 Å². The van der Waals surface area contributed by atoms with Crippen LogP contribution in [0, 0.1) is 6.92 Å². The Balaban J connectivity index is 1.44. The molecule has 1 fully saturated rings. The SMILES string of the molecule is Cc1nccn1CCSc1ccc(CNC2CC2)cc1. The van der Waals surface area contributed by atoms with Gasteiger partial charge in [-0.05, 0) is 37.5 Å². The maximum absolute atomic E-state index is 4.24. The van der Waals surface area contributed by atoms with E-state index in [1.807, 2.05) is 31.1 Å². The summed E-state index contributed by atoms with van der Waals surface area (Å²) in [6, 6.07) is 9.72. The molecule has 0 amide bonds. The van der Waals surface area contributed by atoms with Crippen molar-refractivity contribution in [1.82, 2.24) is 14.9 Å². The predicted octanol–water partition coefficient (Wildman–Crippen LogP) is 3.24. The summed E-state index contributed by atoms with van der Waals surface area (Å²) in [7, 11) is 0. The maximum Gasteiger partial charge on any atom is 0.105 e. The van der Waals surface area contributed by atoms with Crippen LogP contribution in [0.25, 0.3) is 0 Å². The first-order chi connectivity index (χ1) is 9.81. The van der Waals surface area contributed by atoms with Crippen LogP contribution in [-0.4, -0.2) is 21.3 Å². The van der Waals surface area contributed by atoms with E-state index in [1.54, 1.807) is 0 Å². The van der Waals surface area contributed by atoms with Crippen molar-refractivity contribution in [3.8, 4) is 0 Å². The van der Waals surface area contributed by atoms with E-state index in [9.17, 15) is 0 Å². The van der Waals surface area contributed by atoms with Crippen LogP contribution in [0.5, 0.6) is 0 Å². The summed E-state index contributed by atoms with van der Waals surface area (Å²) >= 11 is 1.90. The number of aryl methyl sites for hydroxylation is 2. The normalized spacial score (nSPS) is 14.7. The molecule has 0 aliphatic heterocycles. The van der Waals surface area contributed by atoms with Crippen LogP contribution in [0.1, 0.15) is 24.2 Å². The third-order valence-electron chi connectivity index (χ3n) is 3.62. The number of nitrogens with zero attached hydrogens (tertiary/aromatic N) is 2. The topological polar surface area (TPSA) is 29.9 Å². The van der Waals surface area contributed by atoms with Gasteiger partial charge >= 0.3 is 0 Å². The first kappa shape index (κ1) is 13.7. The lowest BCUT2D eigenvalue weighted by molar-refractivity contribution is 0.687. The largest absolute Gasteiger partial charge is 0.334 e. The number of hydrogen-bond acceptors (Lipinski definition) is 3. The lowest BCUT2D eigenvalue weighted by atomic mass is 10.2. The molecule has 1 aromatic carbocycles. The lowest BCUT2D eigenvalue weighted by Gasteiger charge is -2.06. The minimum Gasteiger partial charge on any atom is -0.334 e. The molecule has 3 nitrogen and oxygen atoms in total. The molecule has 2 aromatic rings. The Morgan fingerprint density at radius 1 is 1.30 bits per heavy atom. The van der Waals surface area contributed by atoms with E-state index >= 15 is 0 Å². The molecule has 1 aliphatic carbocycles. The van der Waals surface area contributed by atoms with Crippen molar-refractivity contribution in [2.24, 2.45) is 0 Å². The van der Waals surface area contributed by atoms with Crippen LogP contribution in [0.3, 0.4) is 0 Å². The summed E-state index contributed by atoms with van der Waals surface area (Å²) in [5, 5.41) is 3.54. The van der Waals surface area contributed by atoms with Gasteiger partial charge in [0.2, 0.25) is 0 Å². The smallest absolute Gasteiger partial charge is 0.105 e. The second-order valence-corrected chi connectivity index (χ2v) is 6.48. The zero-order valence-electron chi connectivity index (χ0n) is 11.9. The van der Waals surface area contributed by atoms with Gasteiger partial charge < -0.3 is 9.88 Å². The van der Waals surface area contributed by atoms with Crippen molar-refractivity contribution in [2.45, 2.75) is 43.8 Å². The van der Waals surface area contributed by atoms with Gasteiger partial charge in [-0.1, -0.05) is 12.1 Å². The van der Waals surface area contributed by atoms with E-state index in [2.05, 4.69) is 39.1 Å². The molecule has 1 aliphatic rings. The molecular weight excluding hydrogens is 266 g/mol. The van der Waals surface area contributed by atoms with Crippen LogP contribution in [0.2, 0.25) is 0 Å². The van der Waals surface area contributed by atoms with E-state index in [1.165, 1.54) is 23.3 Å². The van der Waals surface area contributed by atoms with Gasteiger partial charge in [-0.25, -0.2) is 4.98 Å². The first-order valence-corrected chi connectivity index (χ1v) is 8.23. The molecule has 106 valence electrons. The molecule has 1 N–H and O–H groups in total. The standard InChI is InChI=1S/C16H21N3S/c1-13-17-8-9-19(13)10-11-20-16-6-2-14(3-7-16)12-18-15-4-5-15/h2-3,6-9,15,18H,4-5,10-12H2,1H3. The fourth-order valence-corrected chi connectivity index (χ4v) is 3.01. The third kappa shape index (κ3) is 3.87. The van der Waals surface area contributed by atoms with Crippen molar-refractivity contribution in [1.29, 1.82) is 0 Å². The Hall–Kier alpha value is -1.26. The quantitative estimate of drug-likeness (QED) is 0.793. The first-order valence-electron chi connectivity index (χ1n) is 7.24. The van der Waals surface area contributed by atoms with Crippen molar-refractivity contribution >= 4 is 11.8 Å². The monoisotopic (exact) mass is 287 g/mol. The van der Waals surface area contributed by atoms with Gasteiger partial charge in [0, 0.05) is 42.2 Å². The van der Waals surface area contributed by atoms with Crippen LogP contribution in [-0.2, 0) is 13.1 Å². The highest BCUT2D eigenvalue weighted by molar-refractivity contribution is 7.99. The van der Waals surface area contributed by atoms with E-state index in [0.29, 0.717) is 0 Å². The molecule has 0 atom stereocenters. The fraction of sp³-hybridized carbons (Fsp3) is 0.438. The average Bonchev–Trinajstić information content (AvgIpc) is 3.21. The van der Waals surface area contributed by atoms with Gasteiger partial charge in [0.25, 0.3) is 0 Å². The molecule has 20 heavy (non-hydrogen) atoms. The highest BCUT2D eigenvalue weighted by atomic mass is 32.2. The van der Waals surface area contributed by atoms with Crippen molar-refractivity contribution in [3.05, 3.63) is 48.0 Å². The fourth-order valence-electron chi connectivity index (χ4n) is 2.16. The van der Waals surface area contributed by atoms with Gasteiger partial charge in [-0.3, -0.25) is 0 Å². The highest BCUT2D eigenvalue weighted by Gasteiger charge is 2.19. The van der Waals surface area contributed by atoms with Crippen molar-refractivity contribution < 1.29 is 0 Å². The van der Waals surface area contributed by atoms with E-state index in [0.717, 1.165) is 30.7 Å². The number of thioether (sulfide) groups is 1. The molecule has 4 heteroatoms. The van der Waals surface area contributed by atoms with E-state index in [-0.39, 0.29) is 0 Å². The van der Waals surface area contributed by atoms with E-state index in [4.69, 9.17) is 0 Å². The lowest BCUT2D eigenvalue weighted by Crippen LogP contribution is -2.14. The second kappa shape index (κ2) is 6.46. The maximum atomic E-state index is 4.24. The van der Waals surface area contributed by atoms with Crippen LogP contribution in [0.15, 0.2) is 41.6 Å². The minimum absolute atomic E-state index is 0.780. The number of rotatable bonds is 7. The summed E-state index contributed by atoms with van der Waals surface area (Å²) in [6.45, 7) is 4.07. The summed E-state index contributed by atoms with van der Waals surface area (Å²) in [6.07, 6.45) is 6.60. The van der Waals surface area contributed by atoms with E-state index < -0.39 is 0 Å². The highest BCUT2D eigenvalue weighted by Crippen LogP contribution is 2.21. The van der Waals surface area contributed by atoms with Gasteiger partial charge in [-0.15, -0.1) is 11.8 Å². The molecule has 3 rings (SSSR count). The molecule has 0 unspecified atom stereocenters. The Morgan fingerprint density at radius 2 is 2.10 bits per heavy atom. The second-order valence-electron chi connectivity index (χ2n) is 5.32. The molecular formula is C16H21N3S. The molecule has 0 saturated heterocycles. The van der Waals surface area contributed by atoms with Gasteiger partial charge in [0.15, 0.2) is 0 Å². The number of nitrogens with one attached hydrogen (secondary N) is 1. The molecule has 1 heterocycles. The van der Waals surface area contributed by atoms with Crippen molar-refractivity contribution in [3.63, 3.8) is 0 Å². The summed E-state index contributed by atoms with van der Waals surface area (Å²) in [5.74, 6) is 2.17.